The molecular formula is C23H25Cl2N3O. The minimum Gasteiger partial charge on any atom is -0.344 e. The highest BCUT2D eigenvalue weighted by atomic mass is 35.5. The molecule has 4 nitrogen and oxygen atoms in total. The maximum absolute atomic E-state index is 12.7. The molecule has 1 aromatic heterocycles. The number of benzene rings is 2. The maximum atomic E-state index is 12.7. The molecule has 0 saturated heterocycles. The van der Waals surface area contributed by atoms with Gasteiger partial charge in [-0.05, 0) is 48.1 Å². The Bertz CT molecular complexity index is 982. The van der Waals surface area contributed by atoms with E-state index in [1.165, 1.54) is 5.56 Å². The Morgan fingerprint density at radius 2 is 1.69 bits per heavy atom. The van der Waals surface area contributed by atoms with E-state index in [0.717, 1.165) is 24.0 Å². The molecule has 0 aliphatic rings. The molecule has 152 valence electrons. The van der Waals surface area contributed by atoms with Crippen molar-refractivity contribution in [2.75, 3.05) is 0 Å². The van der Waals surface area contributed by atoms with Gasteiger partial charge < -0.3 is 5.32 Å². The van der Waals surface area contributed by atoms with Gasteiger partial charge in [0, 0.05) is 5.56 Å². The van der Waals surface area contributed by atoms with Gasteiger partial charge in [0.1, 0.15) is 5.69 Å². The van der Waals surface area contributed by atoms with Gasteiger partial charge in [-0.2, -0.15) is 5.10 Å². The maximum Gasteiger partial charge on any atom is 0.269 e. The van der Waals surface area contributed by atoms with Crippen molar-refractivity contribution >= 4 is 29.1 Å². The highest BCUT2D eigenvalue weighted by Gasteiger charge is 2.17. The van der Waals surface area contributed by atoms with E-state index in [1.54, 1.807) is 18.2 Å². The van der Waals surface area contributed by atoms with Gasteiger partial charge >= 0.3 is 0 Å². The summed E-state index contributed by atoms with van der Waals surface area (Å²) < 4.78 is 0. The number of nitrogens with zero attached hydrogens (tertiary/aromatic N) is 1. The van der Waals surface area contributed by atoms with Crippen molar-refractivity contribution in [3.8, 4) is 11.3 Å². The summed E-state index contributed by atoms with van der Waals surface area (Å²) in [4.78, 5) is 12.7. The monoisotopic (exact) mass is 429 g/mol. The van der Waals surface area contributed by atoms with Gasteiger partial charge in [-0.15, -0.1) is 0 Å². The molecule has 2 atom stereocenters. The second kappa shape index (κ2) is 9.47. The van der Waals surface area contributed by atoms with Crippen LogP contribution in [0.15, 0.2) is 48.5 Å². The van der Waals surface area contributed by atoms with E-state index in [0.29, 0.717) is 27.4 Å². The minimum absolute atomic E-state index is 0.0646. The summed E-state index contributed by atoms with van der Waals surface area (Å²) in [5, 5.41) is 11.1. The number of hydrogen-bond acceptors (Lipinski definition) is 2. The molecule has 3 rings (SSSR count). The third kappa shape index (κ3) is 5.01. The van der Waals surface area contributed by atoms with Crippen molar-refractivity contribution in [1.29, 1.82) is 0 Å². The summed E-state index contributed by atoms with van der Waals surface area (Å²) in [6.07, 6.45) is 1.90. The Labute approximate surface area is 181 Å². The van der Waals surface area contributed by atoms with Crippen LogP contribution < -0.4 is 5.32 Å². The smallest absolute Gasteiger partial charge is 0.269 e. The van der Waals surface area contributed by atoms with Gasteiger partial charge in [0.05, 0.1) is 21.8 Å². The van der Waals surface area contributed by atoms with E-state index in [9.17, 15) is 4.79 Å². The van der Waals surface area contributed by atoms with Crippen molar-refractivity contribution in [2.45, 2.75) is 45.6 Å². The molecule has 0 spiro atoms. The molecule has 1 heterocycles. The number of aromatic nitrogens is 2. The highest BCUT2D eigenvalue weighted by molar-refractivity contribution is 6.42. The molecule has 29 heavy (non-hydrogen) atoms. The minimum atomic E-state index is -0.193. The van der Waals surface area contributed by atoms with Crippen molar-refractivity contribution in [3.63, 3.8) is 0 Å². The van der Waals surface area contributed by atoms with Crippen LogP contribution in [0.3, 0.4) is 0 Å². The molecule has 2 aromatic carbocycles. The van der Waals surface area contributed by atoms with E-state index >= 15 is 0 Å². The Kier molecular flexibility index (Phi) is 6.99. The molecule has 6 heteroatoms. The number of nitrogens with one attached hydrogen (secondary N) is 2. The first-order chi connectivity index (χ1) is 13.9. The number of rotatable bonds is 7. The fourth-order valence-corrected chi connectivity index (χ4v) is 3.49. The lowest BCUT2D eigenvalue weighted by molar-refractivity contribution is 0.0930. The number of amides is 1. The molecule has 2 N–H and O–H groups in total. The summed E-state index contributed by atoms with van der Waals surface area (Å²) in [6.45, 7) is 6.46. The summed E-state index contributed by atoms with van der Waals surface area (Å²) in [5.74, 6) is 0.338. The third-order valence-corrected chi connectivity index (χ3v) is 6.01. The number of hydrogen-bond donors (Lipinski definition) is 2. The molecule has 0 fully saturated rings. The lowest BCUT2D eigenvalue weighted by Crippen LogP contribution is -2.28. The standard InChI is InChI=1S/C23H25Cl2N3O/c1-4-14(3)15-6-8-16(9-7-15)20(5-2)26-23(29)22-13-21(27-28-22)17-10-11-18(24)19(25)12-17/h6-14,20H,4-5H2,1-3H3,(H,26,29)(H,27,28). The quantitative estimate of drug-likeness (QED) is 0.434. The highest BCUT2D eigenvalue weighted by Crippen LogP contribution is 2.28. The Hall–Kier alpha value is -2.30. The molecule has 3 aromatic rings. The SMILES string of the molecule is CCC(C)c1ccc(C(CC)NC(=O)c2cc(-c3ccc(Cl)c(Cl)c3)n[nH]2)cc1. The summed E-state index contributed by atoms with van der Waals surface area (Å²) in [6, 6.07) is 15.4. The molecule has 0 saturated carbocycles. The van der Waals surface area contributed by atoms with Crippen LogP contribution in [0.4, 0.5) is 0 Å². The van der Waals surface area contributed by atoms with Gasteiger partial charge in [-0.1, -0.05) is 74.3 Å². The number of carbonyl (C=O) groups excluding carboxylic acids is 1. The van der Waals surface area contributed by atoms with Crippen molar-refractivity contribution in [3.05, 3.63) is 75.4 Å². The van der Waals surface area contributed by atoms with Gasteiger partial charge in [-0.25, -0.2) is 0 Å². The molecule has 1 amide bonds. The van der Waals surface area contributed by atoms with Gasteiger partial charge in [0.25, 0.3) is 5.91 Å². The van der Waals surface area contributed by atoms with Crippen molar-refractivity contribution < 1.29 is 4.79 Å². The summed E-state index contributed by atoms with van der Waals surface area (Å²) in [7, 11) is 0. The molecule has 2 unspecified atom stereocenters. The van der Waals surface area contributed by atoms with E-state index in [4.69, 9.17) is 23.2 Å². The van der Waals surface area contributed by atoms with E-state index in [-0.39, 0.29) is 11.9 Å². The van der Waals surface area contributed by atoms with Crippen LogP contribution in [0.5, 0.6) is 0 Å². The van der Waals surface area contributed by atoms with Crippen LogP contribution in [0.1, 0.15) is 67.2 Å². The lowest BCUT2D eigenvalue weighted by Gasteiger charge is -2.18. The van der Waals surface area contributed by atoms with Crippen LogP contribution in [-0.2, 0) is 0 Å². The second-order valence-corrected chi connectivity index (χ2v) is 8.02. The van der Waals surface area contributed by atoms with E-state index < -0.39 is 0 Å². The Morgan fingerprint density at radius 3 is 2.31 bits per heavy atom. The molecular weight excluding hydrogens is 405 g/mol. The molecule has 0 bridgehead atoms. The third-order valence-electron chi connectivity index (χ3n) is 5.27. The van der Waals surface area contributed by atoms with E-state index in [1.807, 2.05) is 6.07 Å². The first kappa shape index (κ1) is 21.4. The van der Waals surface area contributed by atoms with Crippen molar-refractivity contribution in [2.24, 2.45) is 0 Å². The van der Waals surface area contributed by atoms with Crippen LogP contribution in [0.25, 0.3) is 11.3 Å². The zero-order valence-corrected chi connectivity index (χ0v) is 18.3. The second-order valence-electron chi connectivity index (χ2n) is 7.21. The Balaban J connectivity index is 1.73. The summed E-state index contributed by atoms with van der Waals surface area (Å²) >= 11 is 12.0. The van der Waals surface area contributed by atoms with E-state index in [2.05, 4.69) is 60.6 Å². The van der Waals surface area contributed by atoms with Crippen LogP contribution in [0.2, 0.25) is 10.0 Å². The van der Waals surface area contributed by atoms with Crippen LogP contribution in [-0.4, -0.2) is 16.1 Å². The van der Waals surface area contributed by atoms with Crippen LogP contribution >= 0.6 is 23.2 Å². The fraction of sp³-hybridized carbons (Fsp3) is 0.304. The number of H-pyrrole nitrogens is 1. The van der Waals surface area contributed by atoms with Crippen molar-refractivity contribution in [1.82, 2.24) is 15.5 Å². The zero-order chi connectivity index (χ0) is 21.0. The Morgan fingerprint density at radius 1 is 1.00 bits per heavy atom. The van der Waals surface area contributed by atoms with Gasteiger partial charge in [0.15, 0.2) is 0 Å². The van der Waals surface area contributed by atoms with Crippen LogP contribution in [0, 0.1) is 0 Å². The predicted octanol–water partition coefficient (Wildman–Crippen LogP) is 6.78. The lowest BCUT2D eigenvalue weighted by atomic mass is 9.95. The molecule has 0 aliphatic carbocycles. The summed E-state index contributed by atoms with van der Waals surface area (Å²) in [5.41, 5.74) is 4.25. The van der Waals surface area contributed by atoms with Gasteiger partial charge in [0.2, 0.25) is 0 Å². The average Bonchev–Trinajstić information content (AvgIpc) is 3.24. The predicted molar refractivity (Wildman–Crippen MR) is 120 cm³/mol. The number of carbonyl (C=O) groups is 1. The first-order valence-corrected chi connectivity index (χ1v) is 10.6. The number of aromatic amines is 1. The van der Waals surface area contributed by atoms with Gasteiger partial charge in [-0.3, -0.25) is 9.89 Å². The molecule has 0 aliphatic heterocycles. The largest absolute Gasteiger partial charge is 0.344 e. The fourth-order valence-electron chi connectivity index (χ4n) is 3.19. The molecule has 0 radical (unpaired) electrons. The zero-order valence-electron chi connectivity index (χ0n) is 16.8. The average molecular weight is 430 g/mol. The normalized spacial score (nSPS) is 13.1. The first-order valence-electron chi connectivity index (χ1n) is 9.84. The topological polar surface area (TPSA) is 57.8 Å². The number of halogens is 2.